The standard InChI is InChI=1S/C29H31ClN2O6/c1-5-35-25-14-20(15-26(36-6-2)27(25)37-7-3)28(33)31-22-12-13-24-23(16-22)32(29(34)18(4)38-24)17-19-8-10-21(30)11-9-19/h8-16,18H,5-7,17H2,1-4H3,(H,31,33). The van der Waals surface area contributed by atoms with Crippen molar-refractivity contribution in [2.75, 3.05) is 30.0 Å². The zero-order valence-electron chi connectivity index (χ0n) is 21.9. The number of carbonyl (C=O) groups excluding carboxylic acids is 2. The molecule has 0 aromatic heterocycles. The molecule has 8 nitrogen and oxygen atoms in total. The number of carbonyl (C=O) groups is 2. The van der Waals surface area contributed by atoms with Gasteiger partial charge in [0.05, 0.1) is 32.1 Å². The van der Waals surface area contributed by atoms with Crippen molar-refractivity contribution in [2.45, 2.75) is 40.3 Å². The minimum atomic E-state index is -0.631. The number of amides is 2. The molecule has 1 N–H and O–H groups in total. The first-order valence-corrected chi connectivity index (χ1v) is 13.0. The van der Waals surface area contributed by atoms with Crippen molar-refractivity contribution in [1.82, 2.24) is 0 Å². The van der Waals surface area contributed by atoms with E-state index in [4.69, 9.17) is 30.5 Å². The van der Waals surface area contributed by atoms with Crippen LogP contribution in [0.1, 0.15) is 43.6 Å². The lowest BCUT2D eigenvalue weighted by molar-refractivity contribution is -0.125. The summed E-state index contributed by atoms with van der Waals surface area (Å²) in [4.78, 5) is 28.0. The summed E-state index contributed by atoms with van der Waals surface area (Å²) in [6.07, 6.45) is -0.631. The quantitative estimate of drug-likeness (QED) is 0.335. The first-order valence-electron chi connectivity index (χ1n) is 12.6. The molecule has 1 atom stereocenters. The average molecular weight is 539 g/mol. The first-order chi connectivity index (χ1) is 18.3. The van der Waals surface area contributed by atoms with Gasteiger partial charge in [-0.3, -0.25) is 9.59 Å². The highest BCUT2D eigenvalue weighted by Crippen LogP contribution is 2.40. The van der Waals surface area contributed by atoms with Crippen molar-refractivity contribution in [3.8, 4) is 23.0 Å². The molecule has 200 valence electrons. The number of hydrogen-bond donors (Lipinski definition) is 1. The van der Waals surface area contributed by atoms with Gasteiger partial charge >= 0.3 is 0 Å². The van der Waals surface area contributed by atoms with Gasteiger partial charge in [-0.25, -0.2) is 0 Å². The van der Waals surface area contributed by atoms with Crippen LogP contribution >= 0.6 is 11.6 Å². The fourth-order valence-electron chi connectivity index (χ4n) is 4.14. The lowest BCUT2D eigenvalue weighted by Gasteiger charge is -2.33. The minimum Gasteiger partial charge on any atom is -0.490 e. The lowest BCUT2D eigenvalue weighted by Crippen LogP contribution is -2.44. The summed E-state index contributed by atoms with van der Waals surface area (Å²) in [6, 6.07) is 15.8. The molecule has 0 bridgehead atoms. The van der Waals surface area contributed by atoms with Crippen LogP contribution < -0.4 is 29.2 Å². The van der Waals surface area contributed by atoms with Gasteiger partial charge in [-0.1, -0.05) is 23.7 Å². The van der Waals surface area contributed by atoms with Crippen LogP contribution in [0, 0.1) is 0 Å². The fraction of sp³-hybridized carbons (Fsp3) is 0.310. The molecule has 3 aromatic rings. The molecular weight excluding hydrogens is 508 g/mol. The Hall–Kier alpha value is -3.91. The van der Waals surface area contributed by atoms with Crippen molar-refractivity contribution in [3.63, 3.8) is 0 Å². The predicted molar refractivity (Wildman–Crippen MR) is 147 cm³/mol. The summed E-state index contributed by atoms with van der Waals surface area (Å²) in [5, 5.41) is 3.54. The molecule has 0 spiro atoms. The van der Waals surface area contributed by atoms with Gasteiger partial charge in [0.2, 0.25) is 5.75 Å². The van der Waals surface area contributed by atoms with Crippen molar-refractivity contribution >= 4 is 34.8 Å². The Morgan fingerprint density at radius 3 is 2.18 bits per heavy atom. The molecule has 9 heteroatoms. The Morgan fingerprint density at radius 1 is 0.947 bits per heavy atom. The number of nitrogens with one attached hydrogen (secondary N) is 1. The normalized spacial score (nSPS) is 14.4. The Morgan fingerprint density at radius 2 is 1.58 bits per heavy atom. The number of rotatable bonds is 10. The van der Waals surface area contributed by atoms with Crippen LogP contribution in [0.2, 0.25) is 5.02 Å². The van der Waals surface area contributed by atoms with E-state index in [2.05, 4.69) is 5.32 Å². The van der Waals surface area contributed by atoms with E-state index in [1.54, 1.807) is 54.3 Å². The molecule has 1 heterocycles. The molecule has 1 aliphatic heterocycles. The van der Waals surface area contributed by atoms with Crippen molar-refractivity contribution in [2.24, 2.45) is 0 Å². The van der Waals surface area contributed by atoms with Gasteiger partial charge < -0.3 is 29.2 Å². The molecule has 38 heavy (non-hydrogen) atoms. The minimum absolute atomic E-state index is 0.176. The SMILES string of the molecule is CCOc1cc(C(=O)Nc2ccc3c(c2)N(Cc2ccc(Cl)cc2)C(=O)C(C)O3)cc(OCC)c1OCC. The van der Waals surface area contributed by atoms with Crippen LogP contribution in [0.4, 0.5) is 11.4 Å². The summed E-state index contributed by atoms with van der Waals surface area (Å²) in [7, 11) is 0. The summed E-state index contributed by atoms with van der Waals surface area (Å²) >= 11 is 6.02. The maximum atomic E-state index is 13.3. The molecule has 1 unspecified atom stereocenters. The second-order valence-corrected chi connectivity index (χ2v) is 8.98. The zero-order chi connectivity index (χ0) is 27.2. The fourth-order valence-corrected chi connectivity index (χ4v) is 4.27. The van der Waals surface area contributed by atoms with Crippen LogP contribution in [0.25, 0.3) is 0 Å². The average Bonchev–Trinajstić information content (AvgIpc) is 2.90. The molecule has 1 aliphatic rings. The first kappa shape index (κ1) is 27.1. The van der Waals surface area contributed by atoms with E-state index in [1.165, 1.54) is 0 Å². The van der Waals surface area contributed by atoms with E-state index < -0.39 is 6.10 Å². The van der Waals surface area contributed by atoms with Gasteiger partial charge in [-0.05, 0) is 75.7 Å². The van der Waals surface area contributed by atoms with Crippen LogP contribution in [-0.4, -0.2) is 37.7 Å². The predicted octanol–water partition coefficient (Wildman–Crippen LogP) is 6.10. The number of hydrogen-bond acceptors (Lipinski definition) is 6. The Labute approximate surface area is 227 Å². The second kappa shape index (κ2) is 12.1. The van der Waals surface area contributed by atoms with Crippen LogP contribution in [0.5, 0.6) is 23.0 Å². The molecule has 0 aliphatic carbocycles. The van der Waals surface area contributed by atoms with Gasteiger partial charge in [0.1, 0.15) is 5.75 Å². The maximum Gasteiger partial charge on any atom is 0.268 e. The number of ether oxygens (including phenoxy) is 4. The molecule has 0 saturated carbocycles. The van der Waals surface area contributed by atoms with Crippen LogP contribution in [-0.2, 0) is 11.3 Å². The molecule has 3 aromatic carbocycles. The van der Waals surface area contributed by atoms with E-state index in [1.807, 2.05) is 32.9 Å². The molecule has 0 saturated heterocycles. The van der Waals surface area contributed by atoms with Gasteiger partial charge in [0.25, 0.3) is 11.8 Å². The Bertz CT molecular complexity index is 1280. The summed E-state index contributed by atoms with van der Waals surface area (Å²) in [5.74, 6) is 1.34. The van der Waals surface area contributed by atoms with Crippen molar-refractivity contribution in [3.05, 3.63) is 70.7 Å². The van der Waals surface area contributed by atoms with Gasteiger partial charge in [0.15, 0.2) is 17.6 Å². The highest BCUT2D eigenvalue weighted by atomic mass is 35.5. The number of halogens is 1. The van der Waals surface area contributed by atoms with Crippen LogP contribution in [0.15, 0.2) is 54.6 Å². The number of fused-ring (bicyclic) bond motifs is 1. The summed E-state index contributed by atoms with van der Waals surface area (Å²) in [6.45, 7) is 8.86. The highest BCUT2D eigenvalue weighted by Gasteiger charge is 2.32. The van der Waals surface area contributed by atoms with E-state index in [0.29, 0.717) is 71.3 Å². The maximum absolute atomic E-state index is 13.3. The molecule has 4 rings (SSSR count). The second-order valence-electron chi connectivity index (χ2n) is 8.55. The number of benzene rings is 3. The van der Waals surface area contributed by atoms with E-state index in [9.17, 15) is 9.59 Å². The van der Waals surface area contributed by atoms with Gasteiger partial charge in [-0.2, -0.15) is 0 Å². The zero-order valence-corrected chi connectivity index (χ0v) is 22.6. The smallest absolute Gasteiger partial charge is 0.268 e. The molecular formula is C29H31ClN2O6. The third kappa shape index (κ3) is 5.97. The van der Waals surface area contributed by atoms with E-state index >= 15 is 0 Å². The molecule has 0 fully saturated rings. The number of nitrogens with zero attached hydrogens (tertiary/aromatic N) is 1. The molecule has 0 radical (unpaired) electrons. The Balaban J connectivity index is 1.63. The van der Waals surface area contributed by atoms with Gasteiger partial charge in [-0.15, -0.1) is 0 Å². The largest absolute Gasteiger partial charge is 0.490 e. The van der Waals surface area contributed by atoms with Crippen LogP contribution in [0.3, 0.4) is 0 Å². The summed E-state index contributed by atoms with van der Waals surface area (Å²) < 4.78 is 23.0. The third-order valence-corrected chi connectivity index (χ3v) is 6.10. The third-order valence-electron chi connectivity index (χ3n) is 5.85. The monoisotopic (exact) mass is 538 g/mol. The van der Waals surface area contributed by atoms with Crippen molar-refractivity contribution in [1.29, 1.82) is 0 Å². The topological polar surface area (TPSA) is 86.3 Å². The lowest BCUT2D eigenvalue weighted by atomic mass is 10.1. The molecule has 2 amide bonds. The van der Waals surface area contributed by atoms with Crippen molar-refractivity contribution < 1.29 is 28.5 Å². The Kier molecular flexibility index (Phi) is 8.63. The van der Waals surface area contributed by atoms with E-state index in [0.717, 1.165) is 5.56 Å². The summed E-state index contributed by atoms with van der Waals surface area (Å²) in [5.41, 5.74) is 2.33. The number of anilines is 2. The van der Waals surface area contributed by atoms with Gasteiger partial charge in [0, 0.05) is 16.3 Å². The highest BCUT2D eigenvalue weighted by molar-refractivity contribution is 6.30. The van der Waals surface area contributed by atoms with E-state index in [-0.39, 0.29) is 11.8 Å².